The number of anilines is 1. The van der Waals surface area contributed by atoms with Crippen LogP contribution in [0.3, 0.4) is 0 Å². The summed E-state index contributed by atoms with van der Waals surface area (Å²) in [6.07, 6.45) is 0.244. The van der Waals surface area contributed by atoms with Gasteiger partial charge in [0.25, 0.3) is 0 Å². The molecule has 0 bridgehead atoms. The molecule has 0 aliphatic carbocycles. The maximum absolute atomic E-state index is 12.4. The van der Waals surface area contributed by atoms with Gasteiger partial charge in [-0.05, 0) is 35.7 Å². The van der Waals surface area contributed by atoms with Crippen molar-refractivity contribution in [2.45, 2.75) is 19.3 Å². The first-order valence-electron chi connectivity index (χ1n) is 8.43. The van der Waals surface area contributed by atoms with E-state index in [0.717, 1.165) is 5.69 Å². The van der Waals surface area contributed by atoms with Crippen molar-refractivity contribution >= 4 is 29.1 Å². The van der Waals surface area contributed by atoms with Crippen molar-refractivity contribution in [2.24, 2.45) is 5.92 Å². The molecular formula is C20H21ClN2O2. The van der Waals surface area contributed by atoms with Gasteiger partial charge in [-0.3, -0.25) is 9.59 Å². The van der Waals surface area contributed by atoms with Gasteiger partial charge in [0, 0.05) is 30.2 Å². The summed E-state index contributed by atoms with van der Waals surface area (Å²) in [6, 6.07) is 17.2. The van der Waals surface area contributed by atoms with E-state index in [1.54, 1.807) is 29.2 Å². The first-order chi connectivity index (χ1) is 12.0. The minimum absolute atomic E-state index is 0.0291. The number of carbonyl (C=O) groups excluding carboxylic acids is 2. The van der Waals surface area contributed by atoms with Crippen LogP contribution in [0, 0.1) is 5.92 Å². The van der Waals surface area contributed by atoms with Crippen LogP contribution in [0.15, 0.2) is 54.6 Å². The SMILES string of the molecule is C[C@H](CNC(=O)[C@H]1CC(=O)N(c2ccc(Cl)cc2)C1)c1ccccc1. The van der Waals surface area contributed by atoms with E-state index in [4.69, 9.17) is 11.6 Å². The Bertz CT molecular complexity index is 746. The van der Waals surface area contributed by atoms with E-state index in [1.165, 1.54) is 5.56 Å². The maximum Gasteiger partial charge on any atom is 0.227 e. The summed E-state index contributed by atoms with van der Waals surface area (Å²) in [6.45, 7) is 3.05. The Morgan fingerprint density at radius 1 is 1.20 bits per heavy atom. The van der Waals surface area contributed by atoms with Gasteiger partial charge in [0.05, 0.1) is 5.92 Å². The lowest BCUT2D eigenvalue weighted by atomic mass is 10.0. The fourth-order valence-electron chi connectivity index (χ4n) is 3.05. The minimum Gasteiger partial charge on any atom is -0.355 e. The van der Waals surface area contributed by atoms with Crippen LogP contribution in [0.1, 0.15) is 24.8 Å². The highest BCUT2D eigenvalue weighted by atomic mass is 35.5. The molecule has 1 heterocycles. The molecule has 5 heteroatoms. The summed E-state index contributed by atoms with van der Waals surface area (Å²) in [5.41, 5.74) is 1.97. The van der Waals surface area contributed by atoms with E-state index in [-0.39, 0.29) is 30.1 Å². The third-order valence-corrected chi connectivity index (χ3v) is 4.84. The van der Waals surface area contributed by atoms with Crippen molar-refractivity contribution in [3.05, 3.63) is 65.2 Å². The maximum atomic E-state index is 12.4. The lowest BCUT2D eigenvalue weighted by molar-refractivity contribution is -0.126. The summed E-state index contributed by atoms with van der Waals surface area (Å²) in [4.78, 5) is 26.3. The molecule has 1 N–H and O–H groups in total. The van der Waals surface area contributed by atoms with Crippen LogP contribution in [0.5, 0.6) is 0 Å². The van der Waals surface area contributed by atoms with Crippen molar-refractivity contribution < 1.29 is 9.59 Å². The van der Waals surface area contributed by atoms with Gasteiger partial charge in [-0.1, -0.05) is 48.9 Å². The van der Waals surface area contributed by atoms with Gasteiger partial charge in [-0.15, -0.1) is 0 Å². The van der Waals surface area contributed by atoms with Crippen LogP contribution in [0.25, 0.3) is 0 Å². The van der Waals surface area contributed by atoms with Gasteiger partial charge < -0.3 is 10.2 Å². The fourth-order valence-corrected chi connectivity index (χ4v) is 3.18. The van der Waals surface area contributed by atoms with Crippen LogP contribution in [0.4, 0.5) is 5.69 Å². The Balaban J connectivity index is 1.56. The number of carbonyl (C=O) groups is 2. The van der Waals surface area contributed by atoms with E-state index in [2.05, 4.69) is 24.4 Å². The lowest BCUT2D eigenvalue weighted by Gasteiger charge is -2.18. The van der Waals surface area contributed by atoms with Gasteiger partial charge in [0.1, 0.15) is 0 Å². The molecule has 1 fully saturated rings. The predicted octanol–water partition coefficient (Wildman–Crippen LogP) is 3.61. The Morgan fingerprint density at radius 3 is 2.56 bits per heavy atom. The van der Waals surface area contributed by atoms with Crippen LogP contribution in [-0.4, -0.2) is 24.9 Å². The molecule has 2 aromatic rings. The summed E-state index contributed by atoms with van der Waals surface area (Å²) in [5.74, 6) is -0.174. The zero-order valence-electron chi connectivity index (χ0n) is 14.1. The number of nitrogens with one attached hydrogen (secondary N) is 1. The van der Waals surface area contributed by atoms with E-state index in [9.17, 15) is 9.59 Å². The standard InChI is InChI=1S/C20H21ClN2O2/c1-14(15-5-3-2-4-6-15)12-22-20(25)16-11-19(24)23(13-16)18-9-7-17(21)8-10-18/h2-10,14,16H,11-13H2,1H3,(H,22,25)/t14-,16+/m1/s1. The molecule has 4 nitrogen and oxygen atoms in total. The number of hydrogen-bond acceptors (Lipinski definition) is 2. The molecule has 1 aliphatic rings. The first-order valence-corrected chi connectivity index (χ1v) is 8.81. The molecule has 2 aromatic carbocycles. The normalized spacial score (nSPS) is 18.2. The molecule has 0 unspecified atom stereocenters. The monoisotopic (exact) mass is 356 g/mol. The van der Waals surface area contributed by atoms with Crippen molar-refractivity contribution in [1.82, 2.24) is 5.32 Å². The van der Waals surface area contributed by atoms with Crippen LogP contribution in [0.2, 0.25) is 5.02 Å². The Labute approximate surface area is 152 Å². The van der Waals surface area contributed by atoms with E-state index < -0.39 is 0 Å². The molecule has 0 aromatic heterocycles. The number of halogens is 1. The second kappa shape index (κ2) is 7.70. The average Bonchev–Trinajstić information content (AvgIpc) is 3.02. The van der Waals surface area contributed by atoms with Crippen LogP contribution in [-0.2, 0) is 9.59 Å². The summed E-state index contributed by atoms with van der Waals surface area (Å²) in [5, 5.41) is 3.61. The van der Waals surface area contributed by atoms with Crippen molar-refractivity contribution in [3.8, 4) is 0 Å². The number of hydrogen-bond donors (Lipinski definition) is 1. The Hall–Kier alpha value is -2.33. The second-order valence-electron chi connectivity index (χ2n) is 6.44. The topological polar surface area (TPSA) is 49.4 Å². The zero-order valence-corrected chi connectivity index (χ0v) is 14.9. The Kier molecular flexibility index (Phi) is 5.39. The summed E-state index contributed by atoms with van der Waals surface area (Å²) < 4.78 is 0. The van der Waals surface area contributed by atoms with E-state index >= 15 is 0 Å². The summed E-state index contributed by atoms with van der Waals surface area (Å²) in [7, 11) is 0. The van der Waals surface area contributed by atoms with Gasteiger partial charge >= 0.3 is 0 Å². The zero-order chi connectivity index (χ0) is 17.8. The smallest absolute Gasteiger partial charge is 0.227 e. The van der Waals surface area contributed by atoms with E-state index in [0.29, 0.717) is 18.1 Å². The van der Waals surface area contributed by atoms with Crippen molar-refractivity contribution in [3.63, 3.8) is 0 Å². The third-order valence-electron chi connectivity index (χ3n) is 4.59. The molecule has 0 radical (unpaired) electrons. The largest absolute Gasteiger partial charge is 0.355 e. The van der Waals surface area contributed by atoms with Crippen LogP contribution < -0.4 is 10.2 Å². The number of benzene rings is 2. The highest BCUT2D eigenvalue weighted by molar-refractivity contribution is 6.30. The quantitative estimate of drug-likeness (QED) is 0.889. The molecule has 25 heavy (non-hydrogen) atoms. The average molecular weight is 357 g/mol. The molecule has 2 amide bonds. The van der Waals surface area contributed by atoms with Crippen LogP contribution >= 0.6 is 11.6 Å². The number of nitrogens with zero attached hydrogens (tertiary/aromatic N) is 1. The first kappa shape index (κ1) is 17.5. The highest BCUT2D eigenvalue weighted by Crippen LogP contribution is 2.26. The fraction of sp³-hybridized carbons (Fsp3) is 0.300. The summed E-state index contributed by atoms with van der Waals surface area (Å²) >= 11 is 5.89. The molecule has 1 saturated heterocycles. The van der Waals surface area contributed by atoms with Crippen molar-refractivity contribution in [1.29, 1.82) is 0 Å². The molecule has 1 aliphatic heterocycles. The molecule has 0 spiro atoms. The minimum atomic E-state index is -0.314. The molecule has 130 valence electrons. The van der Waals surface area contributed by atoms with Gasteiger partial charge in [-0.2, -0.15) is 0 Å². The second-order valence-corrected chi connectivity index (χ2v) is 6.88. The molecule has 3 rings (SSSR count). The Morgan fingerprint density at radius 2 is 1.88 bits per heavy atom. The van der Waals surface area contributed by atoms with Crippen molar-refractivity contribution in [2.75, 3.05) is 18.0 Å². The molecular weight excluding hydrogens is 336 g/mol. The van der Waals surface area contributed by atoms with Gasteiger partial charge in [0.2, 0.25) is 11.8 Å². The molecule has 0 saturated carbocycles. The van der Waals surface area contributed by atoms with E-state index in [1.807, 2.05) is 18.2 Å². The van der Waals surface area contributed by atoms with Gasteiger partial charge in [0.15, 0.2) is 0 Å². The third kappa shape index (κ3) is 4.20. The molecule has 2 atom stereocenters. The predicted molar refractivity (Wildman–Crippen MR) is 99.8 cm³/mol. The highest BCUT2D eigenvalue weighted by Gasteiger charge is 2.35. The number of rotatable bonds is 5. The lowest BCUT2D eigenvalue weighted by Crippen LogP contribution is -2.35. The number of amides is 2. The van der Waals surface area contributed by atoms with Gasteiger partial charge in [-0.25, -0.2) is 0 Å².